The number of hydrogen-bond acceptors (Lipinski definition) is 10. The minimum Gasteiger partial charge on any atom is -0.484 e. The van der Waals surface area contributed by atoms with Crippen LogP contribution in [0.2, 0.25) is 0 Å². The van der Waals surface area contributed by atoms with Gasteiger partial charge in [-0.05, 0) is 74.8 Å². The molecule has 29 heteroatoms. The third-order valence-electron chi connectivity index (χ3n) is 7.19. The van der Waals surface area contributed by atoms with E-state index in [1.54, 1.807) is 25.1 Å². The number of halogens is 17. The Balaban J connectivity index is 0.00000107. The molecule has 0 aliphatic carbocycles. The average Bonchev–Trinajstić information content (AvgIpc) is 3.25. The summed E-state index contributed by atoms with van der Waals surface area (Å²) in [6, 6.07) is 10.6. The van der Waals surface area contributed by atoms with Crippen LogP contribution in [0.25, 0.3) is 0 Å². The molecule has 1 atom stereocenters. The fourth-order valence-corrected chi connectivity index (χ4v) is 4.63. The predicted molar refractivity (Wildman–Crippen MR) is 243 cm³/mol. The van der Waals surface area contributed by atoms with E-state index in [1.807, 2.05) is 0 Å². The van der Waals surface area contributed by atoms with Gasteiger partial charge in [0.25, 0.3) is 11.8 Å². The van der Waals surface area contributed by atoms with Crippen molar-refractivity contribution in [3.63, 3.8) is 0 Å². The van der Waals surface area contributed by atoms with Crippen molar-refractivity contribution in [2.45, 2.75) is 63.5 Å². The molecule has 1 saturated heterocycles. The summed E-state index contributed by atoms with van der Waals surface area (Å²) in [5, 5.41) is 15.5. The van der Waals surface area contributed by atoms with Crippen molar-refractivity contribution in [3.05, 3.63) is 77.6 Å². The number of piperidine rings is 1. The molecular formula is C36H40F12I5N4O8-. The van der Waals surface area contributed by atoms with Gasteiger partial charge in [0.05, 0.1) is 30.0 Å². The minimum absolute atomic E-state index is 0.0157. The molecule has 0 spiro atoms. The first kappa shape index (κ1) is 63.4. The Hall–Kier alpha value is -1.58. The first-order chi connectivity index (χ1) is 30.4. The molecule has 4 N–H and O–H groups in total. The molecule has 4 rings (SSSR count). The van der Waals surface area contributed by atoms with Crippen LogP contribution in [-0.4, -0.2) is 98.9 Å². The smallest absolute Gasteiger partial charge is 0.422 e. The number of nitrogens with zero attached hydrogens (tertiary/aromatic N) is 1. The molecule has 2 aromatic carbocycles. The third-order valence-corrected chi connectivity index (χ3v) is 7.19. The Morgan fingerprint density at radius 3 is 1.52 bits per heavy atom. The second-order valence-electron chi connectivity index (χ2n) is 12.3. The predicted octanol–water partition coefficient (Wildman–Crippen LogP) is 8.38. The number of alkyl halides is 12. The van der Waals surface area contributed by atoms with Gasteiger partial charge in [-0.25, -0.2) is 4.89 Å². The molecule has 1 unspecified atom stereocenters. The average molecular weight is 1520 g/mol. The number of rotatable bonds is 15. The van der Waals surface area contributed by atoms with E-state index in [1.165, 1.54) is 6.20 Å². The van der Waals surface area contributed by atoms with Crippen LogP contribution in [0.5, 0.6) is 23.0 Å². The van der Waals surface area contributed by atoms with Gasteiger partial charge >= 0.3 is 75.2 Å². The quantitative estimate of drug-likeness (QED) is 0.0507. The zero-order valence-corrected chi connectivity index (χ0v) is 44.1. The summed E-state index contributed by atoms with van der Waals surface area (Å²) in [7, 11) is 0. The van der Waals surface area contributed by atoms with Gasteiger partial charge in [0.1, 0.15) is 23.0 Å². The molecule has 65 heavy (non-hydrogen) atoms. The SMILES string of the molecule is CCOO.II.I[I-]I.O=C(NCC1CCCCN1)c1cc(OCC(F)(F)F)ccc1OCC(F)(F)F.O=C(NCc1ccccn1)c1cc(OCC(F)(F)F)ccc1OCC(F)(F)F. The fourth-order valence-electron chi connectivity index (χ4n) is 4.63. The number of benzene rings is 2. The van der Waals surface area contributed by atoms with Crippen molar-refractivity contribution in [2.24, 2.45) is 0 Å². The molecule has 1 aromatic heterocycles. The number of hydrogen-bond donors (Lipinski definition) is 4. The Kier molecular flexibility index (Phi) is 33.0. The van der Waals surface area contributed by atoms with Crippen molar-refractivity contribution in [1.82, 2.24) is 20.9 Å². The van der Waals surface area contributed by atoms with Crippen LogP contribution in [0, 0.1) is 0 Å². The summed E-state index contributed by atoms with van der Waals surface area (Å²) in [5.41, 5.74) is -0.266. The van der Waals surface area contributed by atoms with E-state index in [9.17, 15) is 62.3 Å². The number of ether oxygens (including phenoxy) is 4. The van der Waals surface area contributed by atoms with E-state index in [4.69, 9.17) is 5.26 Å². The van der Waals surface area contributed by atoms with Gasteiger partial charge < -0.3 is 34.9 Å². The molecule has 1 fully saturated rings. The maximum Gasteiger partial charge on any atom is 0.422 e. The molecule has 0 bridgehead atoms. The van der Waals surface area contributed by atoms with Gasteiger partial charge in [0.2, 0.25) is 0 Å². The maximum atomic E-state index is 12.4. The summed E-state index contributed by atoms with van der Waals surface area (Å²) in [5.74, 6) is -3.12. The number of nitrogens with one attached hydrogen (secondary N) is 3. The summed E-state index contributed by atoms with van der Waals surface area (Å²) >= 11 is 9.54. The zero-order chi connectivity index (χ0) is 49.7. The van der Waals surface area contributed by atoms with Crippen LogP contribution in [0.1, 0.15) is 52.6 Å². The Morgan fingerprint density at radius 2 is 1.15 bits per heavy atom. The molecule has 2 heterocycles. The molecule has 372 valence electrons. The summed E-state index contributed by atoms with van der Waals surface area (Å²) in [6.45, 7) is -3.47. The number of carbonyl (C=O) groups is 2. The van der Waals surface area contributed by atoms with E-state index in [0.717, 1.165) is 62.2 Å². The van der Waals surface area contributed by atoms with Gasteiger partial charge in [-0.3, -0.25) is 19.8 Å². The van der Waals surface area contributed by atoms with Crippen molar-refractivity contribution >= 4 is 86.3 Å². The first-order valence-corrected chi connectivity index (χ1v) is 36.8. The molecule has 12 nitrogen and oxygen atoms in total. The van der Waals surface area contributed by atoms with Crippen LogP contribution in [0.15, 0.2) is 60.8 Å². The first-order valence-electron chi connectivity index (χ1n) is 17.9. The van der Waals surface area contributed by atoms with E-state index >= 15 is 0 Å². The maximum absolute atomic E-state index is 12.4. The Morgan fingerprint density at radius 1 is 0.723 bits per heavy atom. The van der Waals surface area contributed by atoms with E-state index in [2.05, 4.69) is 119 Å². The standard InChI is InChI=1S/C17H20F6N2O3.C17H14F6N2O3.C2H6O2.I3.I2/c2*18-16(19,20)9-27-12-4-5-14(28-10-17(21,22)23)13(7-12)15(26)25-8-11-3-1-2-6-24-11;1-2-4-3;1-3-2;1-2/h4-5,7,11,24H,1-3,6,8-10H2,(H,25,26);1-7H,8-10H2,(H,25,26);3H,2H2,1H3;;/q;;;-1;. The van der Waals surface area contributed by atoms with Crippen LogP contribution < -0.4 is 48.2 Å². The molecule has 3 aromatic rings. The van der Waals surface area contributed by atoms with E-state index in [0.29, 0.717) is 25.6 Å². The fraction of sp³-hybridized carbons (Fsp3) is 0.472. The number of carbonyl (C=O) groups excluding carboxylic acids is 2. The topological polar surface area (TPSA) is 150 Å². The van der Waals surface area contributed by atoms with Crippen molar-refractivity contribution in [1.29, 1.82) is 0 Å². The van der Waals surface area contributed by atoms with Crippen LogP contribution in [-0.2, 0) is 11.4 Å². The van der Waals surface area contributed by atoms with Gasteiger partial charge in [-0.15, -0.1) is 0 Å². The zero-order valence-electron chi connectivity index (χ0n) is 33.3. The summed E-state index contributed by atoms with van der Waals surface area (Å²) in [6.07, 6.45) is -14.2. The van der Waals surface area contributed by atoms with Crippen LogP contribution in [0.3, 0.4) is 0 Å². The summed E-state index contributed by atoms with van der Waals surface area (Å²) < 4.78 is 166. The number of aromatic nitrogens is 1. The van der Waals surface area contributed by atoms with E-state index in [-0.39, 0.29) is 36.2 Å². The van der Waals surface area contributed by atoms with Crippen LogP contribution in [0.4, 0.5) is 52.7 Å². The minimum atomic E-state index is -4.66. The molecule has 2 amide bonds. The van der Waals surface area contributed by atoms with Crippen LogP contribution >= 0.6 is 74.5 Å². The van der Waals surface area contributed by atoms with Gasteiger partial charge in [0, 0.05) is 56.0 Å². The largest absolute Gasteiger partial charge is 0.484 e. The van der Waals surface area contributed by atoms with Gasteiger partial charge in [-0.1, -0.05) is 12.5 Å². The van der Waals surface area contributed by atoms with Crippen molar-refractivity contribution in [2.75, 3.05) is 46.1 Å². The Labute approximate surface area is 418 Å². The molecule has 1 aliphatic rings. The summed E-state index contributed by atoms with van der Waals surface area (Å²) in [4.78, 5) is 32.3. The molecular weight excluding hydrogens is 1480 g/mol. The second kappa shape index (κ2) is 33.8. The molecule has 0 radical (unpaired) electrons. The molecule has 0 saturated carbocycles. The van der Waals surface area contributed by atoms with Gasteiger partial charge in [-0.2, -0.15) is 52.7 Å². The van der Waals surface area contributed by atoms with Gasteiger partial charge in [0.15, 0.2) is 26.4 Å². The third kappa shape index (κ3) is 32.7. The number of amides is 2. The monoisotopic (exact) mass is 1520 g/mol. The Bertz CT molecular complexity index is 1780. The van der Waals surface area contributed by atoms with Crippen molar-refractivity contribution in [3.8, 4) is 23.0 Å². The van der Waals surface area contributed by atoms with E-state index < -0.39 is 80.0 Å². The van der Waals surface area contributed by atoms with Crippen molar-refractivity contribution < 1.29 is 105 Å². The normalized spacial score (nSPS) is 13.7. The number of pyridine rings is 1. The second-order valence-corrected chi connectivity index (χ2v) is 28.5. The molecule has 1 aliphatic heterocycles.